The number of guanidine groups is 1. The number of H-pyrrole nitrogens is 1. The highest BCUT2D eigenvalue weighted by molar-refractivity contribution is 6.05. The van der Waals surface area contributed by atoms with Crippen molar-refractivity contribution < 1.29 is 4.79 Å². The van der Waals surface area contributed by atoms with E-state index in [1.165, 1.54) is 4.90 Å². The molecule has 22 heavy (non-hydrogen) atoms. The van der Waals surface area contributed by atoms with Crippen LogP contribution in [-0.4, -0.2) is 53.8 Å². The zero-order valence-electron chi connectivity index (χ0n) is 12.5. The summed E-state index contributed by atoms with van der Waals surface area (Å²) in [6, 6.07) is 9.44. The van der Waals surface area contributed by atoms with Crippen LogP contribution in [0.3, 0.4) is 0 Å². The van der Waals surface area contributed by atoms with Crippen LogP contribution in [0.2, 0.25) is 0 Å². The van der Waals surface area contributed by atoms with Gasteiger partial charge in [-0.2, -0.15) is 0 Å². The number of aromatic nitrogens is 1. The lowest BCUT2D eigenvalue weighted by Crippen LogP contribution is -2.44. The molecule has 0 fully saturated rings. The van der Waals surface area contributed by atoms with Gasteiger partial charge in [-0.05, 0) is 26.2 Å². The smallest absolute Gasteiger partial charge is 0.277 e. The fourth-order valence-corrected chi connectivity index (χ4v) is 1.97. The van der Waals surface area contributed by atoms with Gasteiger partial charge in [0.1, 0.15) is 5.69 Å². The molecule has 2 rings (SSSR count). The SMILES string of the molecule is CN(C)CCN(C(=N)N)C(=O)c1cc2ccccc2[nH]1.Cl.Cl. The van der Waals surface area contributed by atoms with Crippen molar-refractivity contribution >= 4 is 47.6 Å². The third kappa shape index (κ3) is 4.62. The number of aromatic amines is 1. The van der Waals surface area contributed by atoms with Gasteiger partial charge in [-0.3, -0.25) is 15.1 Å². The lowest BCUT2D eigenvalue weighted by molar-refractivity contribution is 0.0833. The van der Waals surface area contributed by atoms with E-state index in [-0.39, 0.29) is 36.7 Å². The maximum Gasteiger partial charge on any atom is 0.277 e. The number of carbonyl (C=O) groups excluding carboxylic acids is 1. The van der Waals surface area contributed by atoms with Gasteiger partial charge in [-0.1, -0.05) is 18.2 Å². The number of nitrogens with two attached hydrogens (primary N) is 1. The number of nitrogens with zero attached hydrogens (tertiary/aromatic N) is 2. The maximum atomic E-state index is 12.4. The molecule has 0 aliphatic carbocycles. The first-order valence-electron chi connectivity index (χ1n) is 6.37. The van der Waals surface area contributed by atoms with E-state index in [4.69, 9.17) is 11.1 Å². The molecule has 2 aromatic rings. The molecule has 0 aliphatic heterocycles. The minimum Gasteiger partial charge on any atom is -0.370 e. The molecule has 0 spiro atoms. The standard InChI is InChI=1S/C14H19N5O.2ClH/c1-18(2)7-8-19(14(15)16)13(20)12-9-10-5-3-4-6-11(10)17-12;;/h3-6,9,17H,7-8H2,1-2H3,(H3,15,16);2*1H. The number of hydrogen-bond acceptors (Lipinski definition) is 3. The second kappa shape index (κ2) is 8.63. The topological polar surface area (TPSA) is 89.2 Å². The number of para-hydroxylation sites is 1. The average Bonchev–Trinajstić information content (AvgIpc) is 2.81. The molecule has 0 saturated carbocycles. The Morgan fingerprint density at radius 3 is 2.41 bits per heavy atom. The van der Waals surface area contributed by atoms with Crippen LogP contribution in [0.4, 0.5) is 0 Å². The number of benzene rings is 1. The molecule has 0 unspecified atom stereocenters. The summed E-state index contributed by atoms with van der Waals surface area (Å²) < 4.78 is 0. The molecular weight excluding hydrogens is 325 g/mol. The van der Waals surface area contributed by atoms with Crippen molar-refractivity contribution in [1.82, 2.24) is 14.8 Å². The fourth-order valence-electron chi connectivity index (χ4n) is 1.97. The third-order valence-electron chi connectivity index (χ3n) is 3.07. The molecule has 1 aromatic carbocycles. The number of halogens is 2. The van der Waals surface area contributed by atoms with E-state index in [1.54, 1.807) is 6.07 Å². The Balaban J connectivity index is 0.00000220. The van der Waals surface area contributed by atoms with Crippen LogP contribution in [0, 0.1) is 5.41 Å². The molecule has 1 aromatic heterocycles. The molecule has 1 amide bonds. The zero-order chi connectivity index (χ0) is 14.7. The Labute approximate surface area is 142 Å². The van der Waals surface area contributed by atoms with E-state index < -0.39 is 0 Å². The van der Waals surface area contributed by atoms with Gasteiger partial charge in [0, 0.05) is 24.0 Å². The highest BCUT2D eigenvalue weighted by Gasteiger charge is 2.20. The second-order valence-corrected chi connectivity index (χ2v) is 4.92. The summed E-state index contributed by atoms with van der Waals surface area (Å²) in [6.45, 7) is 1.03. The normalized spacial score (nSPS) is 9.95. The van der Waals surface area contributed by atoms with Crippen LogP contribution in [0.25, 0.3) is 10.9 Å². The third-order valence-corrected chi connectivity index (χ3v) is 3.07. The van der Waals surface area contributed by atoms with Gasteiger partial charge >= 0.3 is 0 Å². The summed E-state index contributed by atoms with van der Waals surface area (Å²) >= 11 is 0. The number of carbonyl (C=O) groups is 1. The highest BCUT2D eigenvalue weighted by atomic mass is 35.5. The minimum atomic E-state index is -0.282. The van der Waals surface area contributed by atoms with Crippen LogP contribution >= 0.6 is 24.8 Å². The van der Waals surface area contributed by atoms with E-state index in [0.29, 0.717) is 18.8 Å². The number of nitrogens with one attached hydrogen (secondary N) is 2. The van der Waals surface area contributed by atoms with Gasteiger partial charge < -0.3 is 15.6 Å². The fraction of sp³-hybridized carbons (Fsp3) is 0.286. The van der Waals surface area contributed by atoms with Gasteiger partial charge in [0.15, 0.2) is 5.96 Å². The van der Waals surface area contributed by atoms with Gasteiger partial charge in [0.2, 0.25) is 0 Å². The zero-order valence-corrected chi connectivity index (χ0v) is 14.1. The molecule has 122 valence electrons. The summed E-state index contributed by atoms with van der Waals surface area (Å²) in [5.74, 6) is -0.522. The van der Waals surface area contributed by atoms with Crippen LogP contribution in [0.1, 0.15) is 10.5 Å². The summed E-state index contributed by atoms with van der Waals surface area (Å²) in [4.78, 5) is 18.7. The first-order valence-corrected chi connectivity index (χ1v) is 6.37. The van der Waals surface area contributed by atoms with Crippen molar-refractivity contribution in [3.63, 3.8) is 0 Å². The number of hydrogen-bond donors (Lipinski definition) is 3. The maximum absolute atomic E-state index is 12.4. The van der Waals surface area contributed by atoms with Gasteiger partial charge in [0.25, 0.3) is 5.91 Å². The Hall–Kier alpha value is -1.76. The Kier molecular flexibility index (Phi) is 7.94. The molecule has 0 radical (unpaired) electrons. The van der Waals surface area contributed by atoms with E-state index in [0.717, 1.165) is 10.9 Å². The summed E-state index contributed by atoms with van der Waals surface area (Å²) in [5.41, 5.74) is 6.85. The van der Waals surface area contributed by atoms with Crippen molar-refractivity contribution in [1.29, 1.82) is 5.41 Å². The molecule has 8 heteroatoms. The number of likely N-dealkylation sites (N-methyl/N-ethyl adjacent to an activating group) is 1. The second-order valence-electron chi connectivity index (χ2n) is 4.92. The van der Waals surface area contributed by atoms with E-state index >= 15 is 0 Å². The Bertz CT molecular complexity index is 608. The van der Waals surface area contributed by atoms with Crippen LogP contribution in [-0.2, 0) is 0 Å². The average molecular weight is 346 g/mol. The molecule has 0 aliphatic rings. The van der Waals surface area contributed by atoms with E-state index in [1.807, 2.05) is 43.3 Å². The molecule has 0 saturated heterocycles. The van der Waals surface area contributed by atoms with Crippen LogP contribution in [0.15, 0.2) is 30.3 Å². The van der Waals surface area contributed by atoms with E-state index in [9.17, 15) is 4.79 Å². The lowest BCUT2D eigenvalue weighted by Gasteiger charge is -2.21. The van der Waals surface area contributed by atoms with Gasteiger partial charge in [0.05, 0.1) is 0 Å². The number of amides is 1. The Morgan fingerprint density at radius 2 is 1.86 bits per heavy atom. The Morgan fingerprint density at radius 1 is 1.23 bits per heavy atom. The van der Waals surface area contributed by atoms with Crippen LogP contribution in [0.5, 0.6) is 0 Å². The largest absolute Gasteiger partial charge is 0.370 e. The van der Waals surface area contributed by atoms with Gasteiger partial charge in [-0.25, -0.2) is 0 Å². The van der Waals surface area contributed by atoms with Crippen molar-refractivity contribution in [2.24, 2.45) is 5.73 Å². The number of fused-ring (bicyclic) bond motifs is 1. The monoisotopic (exact) mass is 345 g/mol. The molecule has 1 heterocycles. The molecule has 0 atom stereocenters. The first-order chi connectivity index (χ1) is 9.49. The summed E-state index contributed by atoms with van der Waals surface area (Å²) in [5, 5.41) is 8.53. The predicted octanol–water partition coefficient (Wildman–Crippen LogP) is 1.91. The van der Waals surface area contributed by atoms with Crippen molar-refractivity contribution in [2.45, 2.75) is 0 Å². The minimum absolute atomic E-state index is 0. The molecular formula is C14H21Cl2N5O. The summed E-state index contributed by atoms with van der Waals surface area (Å²) in [6.07, 6.45) is 0. The quantitative estimate of drug-likeness (QED) is 0.584. The first kappa shape index (κ1) is 20.2. The van der Waals surface area contributed by atoms with Crippen molar-refractivity contribution in [3.8, 4) is 0 Å². The van der Waals surface area contributed by atoms with Crippen LogP contribution < -0.4 is 5.73 Å². The highest BCUT2D eigenvalue weighted by Crippen LogP contribution is 2.15. The van der Waals surface area contributed by atoms with Crippen molar-refractivity contribution in [2.75, 3.05) is 27.2 Å². The summed E-state index contributed by atoms with van der Waals surface area (Å²) in [7, 11) is 3.82. The number of rotatable bonds is 4. The van der Waals surface area contributed by atoms with E-state index in [2.05, 4.69) is 4.98 Å². The molecule has 6 nitrogen and oxygen atoms in total. The van der Waals surface area contributed by atoms with Crippen molar-refractivity contribution in [3.05, 3.63) is 36.0 Å². The lowest BCUT2D eigenvalue weighted by atomic mass is 10.2. The van der Waals surface area contributed by atoms with Gasteiger partial charge in [-0.15, -0.1) is 24.8 Å². The molecule has 0 bridgehead atoms. The predicted molar refractivity (Wildman–Crippen MR) is 94.3 cm³/mol. The molecule has 4 N–H and O–H groups in total.